The Labute approximate surface area is 138 Å². The van der Waals surface area contributed by atoms with Crippen LogP contribution in [0.4, 0.5) is 0 Å². The minimum absolute atomic E-state index is 0.0413. The Bertz CT molecular complexity index is 587. The third-order valence-corrected chi connectivity index (χ3v) is 8.72. The van der Waals surface area contributed by atoms with E-state index in [0.29, 0.717) is 12.2 Å². The third kappa shape index (κ3) is 5.48. The van der Waals surface area contributed by atoms with Gasteiger partial charge >= 0.3 is 11.9 Å². The molecule has 0 atom stereocenters. The largest absolute Gasteiger partial charge is 0.478 e. The van der Waals surface area contributed by atoms with Crippen LogP contribution in [0.5, 0.6) is 0 Å². The van der Waals surface area contributed by atoms with Gasteiger partial charge in [0.2, 0.25) is 0 Å². The Morgan fingerprint density at radius 3 is 2.26 bits per heavy atom. The average Bonchev–Trinajstić information content (AvgIpc) is 2.41. The van der Waals surface area contributed by atoms with Gasteiger partial charge in [0.05, 0.1) is 12.2 Å². The second-order valence-corrected chi connectivity index (χ2v) is 11.9. The molecule has 0 spiro atoms. The Kier molecular flexibility index (Phi) is 6.13. The number of carbonyl (C=O) groups is 2. The van der Waals surface area contributed by atoms with Crippen molar-refractivity contribution in [3.8, 4) is 0 Å². The lowest BCUT2D eigenvalue weighted by molar-refractivity contribution is -0.142. The lowest BCUT2D eigenvalue weighted by Gasteiger charge is -2.36. The minimum atomic E-state index is -1.89. The molecule has 0 unspecified atom stereocenters. The first-order chi connectivity index (χ1) is 10.4. The van der Waals surface area contributed by atoms with Gasteiger partial charge < -0.3 is 14.3 Å². The van der Waals surface area contributed by atoms with Crippen molar-refractivity contribution in [3.05, 3.63) is 34.9 Å². The van der Waals surface area contributed by atoms with Gasteiger partial charge in [-0.2, -0.15) is 0 Å². The third-order valence-electron chi connectivity index (χ3n) is 4.24. The van der Waals surface area contributed by atoms with Crippen LogP contribution in [0.25, 0.3) is 0 Å². The molecule has 1 N–H and O–H groups in total. The summed E-state index contributed by atoms with van der Waals surface area (Å²) < 4.78 is 11.0. The normalized spacial score (nSPS) is 12.1. The molecule has 0 aliphatic carbocycles. The van der Waals surface area contributed by atoms with Gasteiger partial charge in [-0.05, 0) is 29.8 Å². The summed E-state index contributed by atoms with van der Waals surface area (Å²) in [5.41, 5.74) is 1.42. The molecule has 0 fully saturated rings. The molecule has 1 aromatic rings. The molecule has 0 saturated heterocycles. The molecule has 0 radical (unpaired) electrons. The van der Waals surface area contributed by atoms with E-state index in [-0.39, 0.29) is 17.2 Å². The standard InChI is InChI=1S/C17H26O5Si/c1-12(18)21-11-14-8-7-13(9-15(14)16(19)20)10-22-23(5,6)17(2,3)4/h7-9H,10-11H2,1-6H3,(H,19,20). The first kappa shape index (κ1) is 19.4. The predicted molar refractivity (Wildman–Crippen MR) is 90.9 cm³/mol. The topological polar surface area (TPSA) is 72.8 Å². The number of carboxylic acids is 1. The highest BCUT2D eigenvalue weighted by Gasteiger charge is 2.37. The maximum absolute atomic E-state index is 11.4. The molecule has 1 aromatic carbocycles. The van der Waals surface area contributed by atoms with Crippen LogP contribution in [-0.2, 0) is 27.2 Å². The van der Waals surface area contributed by atoms with E-state index >= 15 is 0 Å². The van der Waals surface area contributed by atoms with E-state index in [2.05, 4.69) is 33.9 Å². The van der Waals surface area contributed by atoms with Crippen LogP contribution >= 0.6 is 0 Å². The highest BCUT2D eigenvalue weighted by molar-refractivity contribution is 6.74. The Balaban J connectivity index is 2.92. The first-order valence-electron chi connectivity index (χ1n) is 7.56. The molecule has 5 nitrogen and oxygen atoms in total. The Morgan fingerprint density at radius 2 is 1.78 bits per heavy atom. The van der Waals surface area contributed by atoms with Gasteiger partial charge in [0.25, 0.3) is 0 Å². The monoisotopic (exact) mass is 338 g/mol. The Morgan fingerprint density at radius 1 is 1.17 bits per heavy atom. The van der Waals surface area contributed by atoms with E-state index in [9.17, 15) is 14.7 Å². The molecule has 6 heteroatoms. The molecule has 0 heterocycles. The summed E-state index contributed by atoms with van der Waals surface area (Å²) in [6.45, 7) is 12.4. The van der Waals surface area contributed by atoms with E-state index in [4.69, 9.17) is 9.16 Å². The molecular weight excluding hydrogens is 312 g/mol. The Hall–Kier alpha value is -1.66. The molecular formula is C17H26O5Si. The van der Waals surface area contributed by atoms with Crippen molar-refractivity contribution >= 4 is 20.3 Å². The number of ether oxygens (including phenoxy) is 1. The van der Waals surface area contributed by atoms with E-state index in [1.165, 1.54) is 6.92 Å². The SMILES string of the molecule is CC(=O)OCc1ccc(CO[Si](C)(C)C(C)(C)C)cc1C(=O)O. The van der Waals surface area contributed by atoms with Gasteiger partial charge in [0, 0.05) is 12.5 Å². The number of carboxylic acid groups (broad SMARTS) is 1. The van der Waals surface area contributed by atoms with Gasteiger partial charge in [0.1, 0.15) is 6.61 Å². The van der Waals surface area contributed by atoms with Crippen LogP contribution in [0, 0.1) is 0 Å². The van der Waals surface area contributed by atoms with Crippen molar-refractivity contribution in [1.29, 1.82) is 0 Å². The highest BCUT2D eigenvalue weighted by atomic mass is 28.4. The second kappa shape index (κ2) is 7.27. The van der Waals surface area contributed by atoms with Crippen LogP contribution in [0.1, 0.15) is 49.2 Å². The number of rotatable bonds is 6. The molecule has 1 rings (SSSR count). The highest BCUT2D eigenvalue weighted by Crippen LogP contribution is 2.37. The molecule has 128 valence electrons. The van der Waals surface area contributed by atoms with Crippen LogP contribution < -0.4 is 0 Å². The van der Waals surface area contributed by atoms with Crippen molar-refractivity contribution in [2.75, 3.05) is 0 Å². The number of aromatic carboxylic acids is 1. The molecule has 0 amide bonds. The summed E-state index contributed by atoms with van der Waals surface area (Å²) in [6, 6.07) is 5.09. The van der Waals surface area contributed by atoms with E-state index < -0.39 is 20.3 Å². The molecule has 0 aromatic heterocycles. The molecule has 23 heavy (non-hydrogen) atoms. The second-order valence-electron chi connectivity index (χ2n) is 7.13. The first-order valence-corrected chi connectivity index (χ1v) is 10.5. The van der Waals surface area contributed by atoms with Gasteiger partial charge in [-0.15, -0.1) is 0 Å². The zero-order chi connectivity index (χ0) is 17.8. The lowest BCUT2D eigenvalue weighted by atomic mass is 10.0. The van der Waals surface area contributed by atoms with E-state index in [1.807, 2.05) is 6.07 Å². The summed E-state index contributed by atoms with van der Waals surface area (Å²) >= 11 is 0. The van der Waals surface area contributed by atoms with Crippen LogP contribution in [0.15, 0.2) is 18.2 Å². The number of benzene rings is 1. The summed E-state index contributed by atoms with van der Waals surface area (Å²) in [4.78, 5) is 22.3. The fourth-order valence-electron chi connectivity index (χ4n) is 1.70. The summed E-state index contributed by atoms with van der Waals surface area (Å²) in [7, 11) is -1.89. The molecule has 0 bridgehead atoms. The van der Waals surface area contributed by atoms with Crippen molar-refractivity contribution in [2.24, 2.45) is 0 Å². The van der Waals surface area contributed by atoms with Crippen molar-refractivity contribution < 1.29 is 23.9 Å². The lowest BCUT2D eigenvalue weighted by Crippen LogP contribution is -2.40. The zero-order valence-electron chi connectivity index (χ0n) is 14.7. The average molecular weight is 338 g/mol. The fraction of sp³-hybridized carbons (Fsp3) is 0.529. The van der Waals surface area contributed by atoms with Gasteiger partial charge in [-0.3, -0.25) is 4.79 Å². The van der Waals surface area contributed by atoms with Crippen LogP contribution in [-0.4, -0.2) is 25.4 Å². The molecule has 0 aliphatic rings. The van der Waals surface area contributed by atoms with Crippen molar-refractivity contribution in [1.82, 2.24) is 0 Å². The molecule has 0 saturated carbocycles. The number of esters is 1. The summed E-state index contributed by atoms with van der Waals surface area (Å²) in [5.74, 6) is -1.48. The van der Waals surface area contributed by atoms with Crippen molar-refractivity contribution in [2.45, 2.75) is 59.0 Å². The molecule has 0 aliphatic heterocycles. The smallest absolute Gasteiger partial charge is 0.336 e. The maximum atomic E-state index is 11.4. The van der Waals surface area contributed by atoms with E-state index in [0.717, 1.165) is 5.56 Å². The predicted octanol–water partition coefficient (Wildman–Crippen LogP) is 3.97. The van der Waals surface area contributed by atoms with Crippen LogP contribution in [0.2, 0.25) is 18.1 Å². The quantitative estimate of drug-likeness (QED) is 0.627. The van der Waals surface area contributed by atoms with Crippen LogP contribution in [0.3, 0.4) is 0 Å². The van der Waals surface area contributed by atoms with Gasteiger partial charge in [-0.1, -0.05) is 32.9 Å². The minimum Gasteiger partial charge on any atom is -0.478 e. The maximum Gasteiger partial charge on any atom is 0.336 e. The fourth-order valence-corrected chi connectivity index (χ4v) is 2.66. The number of hydrogen-bond donors (Lipinski definition) is 1. The van der Waals surface area contributed by atoms with Crippen molar-refractivity contribution in [3.63, 3.8) is 0 Å². The number of carbonyl (C=O) groups excluding carboxylic acids is 1. The van der Waals surface area contributed by atoms with Gasteiger partial charge in [-0.25, -0.2) is 4.79 Å². The van der Waals surface area contributed by atoms with E-state index in [1.54, 1.807) is 12.1 Å². The number of hydrogen-bond acceptors (Lipinski definition) is 4. The summed E-state index contributed by atoms with van der Waals surface area (Å²) in [6.07, 6.45) is 0. The zero-order valence-corrected chi connectivity index (χ0v) is 15.7. The summed E-state index contributed by atoms with van der Waals surface area (Å²) in [5, 5.41) is 9.44. The van der Waals surface area contributed by atoms with Gasteiger partial charge in [0.15, 0.2) is 8.32 Å².